The van der Waals surface area contributed by atoms with Crippen LogP contribution in [0.2, 0.25) is 10.0 Å². The minimum Gasteiger partial charge on any atom is -0.484 e. The van der Waals surface area contributed by atoms with E-state index >= 15 is 0 Å². The number of hydrogen-bond donors (Lipinski definition) is 1. The van der Waals surface area contributed by atoms with Gasteiger partial charge in [0.25, 0.3) is 5.91 Å². The molecule has 0 aliphatic carbocycles. The summed E-state index contributed by atoms with van der Waals surface area (Å²) in [6, 6.07) is 10.2. The van der Waals surface area contributed by atoms with Gasteiger partial charge in [0.1, 0.15) is 11.8 Å². The third-order valence-corrected chi connectivity index (χ3v) is 5.05. The molecule has 0 aliphatic rings. The van der Waals surface area contributed by atoms with E-state index < -0.39 is 6.04 Å². The van der Waals surface area contributed by atoms with Gasteiger partial charge in [-0.2, -0.15) is 0 Å². The fourth-order valence-electron chi connectivity index (χ4n) is 2.87. The largest absolute Gasteiger partial charge is 0.484 e. The quantitative estimate of drug-likeness (QED) is 0.728. The molecule has 0 bridgehead atoms. The van der Waals surface area contributed by atoms with Crippen molar-refractivity contribution in [3.05, 3.63) is 63.1 Å². The van der Waals surface area contributed by atoms with Crippen molar-refractivity contribution in [3.63, 3.8) is 0 Å². The highest BCUT2D eigenvalue weighted by molar-refractivity contribution is 6.42. The van der Waals surface area contributed by atoms with Crippen LogP contribution in [-0.4, -0.2) is 36.4 Å². The van der Waals surface area contributed by atoms with Crippen LogP contribution in [0.1, 0.15) is 23.6 Å². The number of amides is 2. The number of hydrogen-bond acceptors (Lipinski definition) is 3. The number of ether oxygens (including phenoxy) is 1. The Kier molecular flexibility index (Phi) is 7.72. The molecule has 2 aromatic carbocycles. The maximum Gasteiger partial charge on any atom is 0.261 e. The predicted octanol–water partition coefficient (Wildman–Crippen LogP) is 4.15. The van der Waals surface area contributed by atoms with Gasteiger partial charge in [0.05, 0.1) is 10.0 Å². The van der Waals surface area contributed by atoms with Crippen LogP contribution in [0.5, 0.6) is 5.75 Å². The normalized spacial score (nSPS) is 11.6. The molecule has 2 aromatic rings. The molecular formula is C21H24Cl2N2O3. The van der Waals surface area contributed by atoms with Crippen molar-refractivity contribution in [2.75, 3.05) is 13.7 Å². The minimum atomic E-state index is -0.671. The topological polar surface area (TPSA) is 58.6 Å². The monoisotopic (exact) mass is 422 g/mol. The Balaban J connectivity index is 2.18. The zero-order chi connectivity index (χ0) is 20.8. The lowest BCUT2D eigenvalue weighted by atomic mass is 10.1. The molecule has 5 nitrogen and oxygen atoms in total. The van der Waals surface area contributed by atoms with Crippen molar-refractivity contribution in [3.8, 4) is 5.75 Å². The van der Waals surface area contributed by atoms with Gasteiger partial charge in [-0.05, 0) is 61.7 Å². The number of carbonyl (C=O) groups excluding carboxylic acids is 2. The number of likely N-dealkylation sites (N-methyl/N-ethyl adjacent to an activating group) is 1. The molecule has 0 fully saturated rings. The van der Waals surface area contributed by atoms with Crippen LogP contribution < -0.4 is 10.1 Å². The molecule has 2 rings (SSSR count). The van der Waals surface area contributed by atoms with Gasteiger partial charge in [-0.15, -0.1) is 0 Å². The van der Waals surface area contributed by atoms with Crippen LogP contribution in [0.25, 0.3) is 0 Å². The van der Waals surface area contributed by atoms with Crippen LogP contribution in [0.15, 0.2) is 36.4 Å². The first kappa shape index (κ1) is 22.1. The van der Waals surface area contributed by atoms with Gasteiger partial charge in [-0.1, -0.05) is 35.3 Å². The summed E-state index contributed by atoms with van der Waals surface area (Å²) in [5.74, 6) is 0.0501. The number of nitrogens with one attached hydrogen (secondary N) is 1. The lowest BCUT2D eigenvalue weighted by Gasteiger charge is -2.28. The molecule has 0 heterocycles. The summed E-state index contributed by atoms with van der Waals surface area (Å²) in [4.78, 5) is 26.5. The van der Waals surface area contributed by atoms with Gasteiger partial charge in [0.15, 0.2) is 6.61 Å². The van der Waals surface area contributed by atoms with E-state index in [1.54, 1.807) is 25.1 Å². The molecule has 0 radical (unpaired) electrons. The molecule has 0 saturated heterocycles. The molecule has 7 heteroatoms. The van der Waals surface area contributed by atoms with Gasteiger partial charge in [0, 0.05) is 13.6 Å². The minimum absolute atomic E-state index is 0.175. The van der Waals surface area contributed by atoms with Crippen molar-refractivity contribution in [1.29, 1.82) is 0 Å². The summed E-state index contributed by atoms with van der Waals surface area (Å²) in [7, 11) is 1.53. The first-order valence-electron chi connectivity index (χ1n) is 8.87. The molecular weight excluding hydrogens is 399 g/mol. The predicted molar refractivity (Wildman–Crippen MR) is 112 cm³/mol. The first-order chi connectivity index (χ1) is 13.2. The van der Waals surface area contributed by atoms with Crippen LogP contribution in [-0.2, 0) is 16.1 Å². The molecule has 0 unspecified atom stereocenters. The molecule has 28 heavy (non-hydrogen) atoms. The van der Waals surface area contributed by atoms with E-state index in [4.69, 9.17) is 27.9 Å². The molecule has 0 spiro atoms. The van der Waals surface area contributed by atoms with E-state index in [2.05, 4.69) is 5.32 Å². The second kappa shape index (κ2) is 9.80. The zero-order valence-electron chi connectivity index (χ0n) is 16.4. The van der Waals surface area contributed by atoms with Gasteiger partial charge >= 0.3 is 0 Å². The van der Waals surface area contributed by atoms with Crippen molar-refractivity contribution in [2.24, 2.45) is 0 Å². The summed E-state index contributed by atoms with van der Waals surface area (Å²) >= 11 is 12.0. The van der Waals surface area contributed by atoms with Crippen molar-refractivity contribution in [1.82, 2.24) is 10.2 Å². The summed E-state index contributed by atoms with van der Waals surface area (Å²) in [6.07, 6.45) is 0. The zero-order valence-corrected chi connectivity index (χ0v) is 17.9. The molecule has 150 valence electrons. The SMILES string of the molecule is CNC(=O)[C@@H](C)N(Cc1ccc(Cl)c(Cl)c1)C(=O)COc1cc(C)cc(C)c1. The van der Waals surface area contributed by atoms with Crippen LogP contribution in [0, 0.1) is 13.8 Å². The number of halogens is 2. The maximum atomic E-state index is 12.9. The highest BCUT2D eigenvalue weighted by Crippen LogP contribution is 2.24. The Morgan fingerprint density at radius 3 is 2.29 bits per heavy atom. The molecule has 2 amide bonds. The summed E-state index contributed by atoms with van der Waals surface area (Å²) in [5, 5.41) is 3.40. The number of benzene rings is 2. The maximum absolute atomic E-state index is 12.9. The fraction of sp³-hybridized carbons (Fsp3) is 0.333. The van der Waals surface area contributed by atoms with E-state index in [1.807, 2.05) is 32.0 Å². The average molecular weight is 423 g/mol. The van der Waals surface area contributed by atoms with Crippen molar-refractivity contribution < 1.29 is 14.3 Å². The molecule has 0 aliphatic heterocycles. The Hall–Kier alpha value is -2.24. The van der Waals surface area contributed by atoms with Crippen molar-refractivity contribution in [2.45, 2.75) is 33.4 Å². The lowest BCUT2D eigenvalue weighted by Crippen LogP contribution is -2.48. The number of nitrogens with zero attached hydrogens (tertiary/aromatic N) is 1. The van der Waals surface area contributed by atoms with Crippen LogP contribution in [0.3, 0.4) is 0 Å². The van der Waals surface area contributed by atoms with Gasteiger partial charge in [-0.25, -0.2) is 0 Å². The highest BCUT2D eigenvalue weighted by atomic mass is 35.5. The van der Waals surface area contributed by atoms with E-state index in [-0.39, 0.29) is 25.0 Å². The summed E-state index contributed by atoms with van der Waals surface area (Å²) in [6.45, 7) is 5.63. The summed E-state index contributed by atoms with van der Waals surface area (Å²) < 4.78 is 5.68. The van der Waals surface area contributed by atoms with Crippen LogP contribution in [0.4, 0.5) is 0 Å². The summed E-state index contributed by atoms with van der Waals surface area (Å²) in [5.41, 5.74) is 2.87. The van der Waals surface area contributed by atoms with E-state index in [0.29, 0.717) is 15.8 Å². The third-order valence-electron chi connectivity index (χ3n) is 4.31. The number of aryl methyl sites for hydroxylation is 2. The van der Waals surface area contributed by atoms with Gasteiger partial charge in [0.2, 0.25) is 5.91 Å². The molecule has 0 aromatic heterocycles. The molecule has 1 atom stereocenters. The van der Waals surface area contributed by atoms with E-state index in [0.717, 1.165) is 16.7 Å². The van der Waals surface area contributed by atoms with Gasteiger partial charge < -0.3 is 15.0 Å². The average Bonchev–Trinajstić information content (AvgIpc) is 2.65. The second-order valence-electron chi connectivity index (χ2n) is 6.67. The van der Waals surface area contributed by atoms with E-state index in [1.165, 1.54) is 11.9 Å². The smallest absolute Gasteiger partial charge is 0.261 e. The standard InChI is InChI=1S/C21H24Cl2N2O3/c1-13-7-14(2)9-17(8-13)28-12-20(26)25(15(3)21(27)24-4)11-16-5-6-18(22)19(23)10-16/h5-10,15H,11-12H2,1-4H3,(H,24,27)/t15-/m1/s1. The Bertz CT molecular complexity index is 850. The molecule has 0 saturated carbocycles. The van der Waals surface area contributed by atoms with Crippen molar-refractivity contribution >= 4 is 35.0 Å². The van der Waals surface area contributed by atoms with Crippen LogP contribution >= 0.6 is 23.2 Å². The number of rotatable bonds is 7. The first-order valence-corrected chi connectivity index (χ1v) is 9.63. The third kappa shape index (κ3) is 5.88. The molecule has 1 N–H and O–H groups in total. The second-order valence-corrected chi connectivity index (χ2v) is 7.49. The van der Waals surface area contributed by atoms with Gasteiger partial charge in [-0.3, -0.25) is 9.59 Å². The number of carbonyl (C=O) groups is 2. The Morgan fingerprint density at radius 1 is 1.07 bits per heavy atom. The Labute approximate surface area is 175 Å². The van der Waals surface area contributed by atoms with E-state index in [9.17, 15) is 9.59 Å². The fourth-order valence-corrected chi connectivity index (χ4v) is 3.19. The highest BCUT2D eigenvalue weighted by Gasteiger charge is 2.26. The lowest BCUT2D eigenvalue weighted by molar-refractivity contribution is -0.142. The Morgan fingerprint density at radius 2 is 1.71 bits per heavy atom.